The maximum absolute atomic E-state index is 13.9. The Morgan fingerprint density at radius 1 is 1.17 bits per heavy atom. The van der Waals surface area contributed by atoms with Crippen LogP contribution in [0.15, 0.2) is 88.3 Å². The van der Waals surface area contributed by atoms with Gasteiger partial charge in [-0.15, -0.1) is 6.58 Å². The van der Waals surface area contributed by atoms with Gasteiger partial charge in [0.2, 0.25) is 0 Å². The van der Waals surface area contributed by atoms with E-state index in [-0.39, 0.29) is 5.56 Å². The minimum atomic E-state index is -0.602. The summed E-state index contributed by atoms with van der Waals surface area (Å²) in [5.74, 6) is -0.470. The minimum absolute atomic E-state index is 0.177. The molecule has 182 valence electrons. The molecule has 1 atom stereocenters. The summed E-state index contributed by atoms with van der Waals surface area (Å²) in [5, 5.41) is 1.08. The van der Waals surface area contributed by atoms with E-state index in [1.165, 1.54) is 18.4 Å². The largest absolute Gasteiger partial charge is 0.466 e. The average Bonchev–Trinajstić information content (AvgIpc) is 3.36. The second-order valence-electron chi connectivity index (χ2n) is 8.61. The molecule has 0 radical (unpaired) electrons. The summed E-state index contributed by atoms with van der Waals surface area (Å²) in [6.07, 6.45) is 4.38. The van der Waals surface area contributed by atoms with Crippen molar-refractivity contribution in [3.8, 4) is 0 Å². The Morgan fingerprint density at radius 3 is 2.58 bits per heavy atom. The summed E-state index contributed by atoms with van der Waals surface area (Å²) < 4.78 is 9.53. The molecule has 0 aliphatic carbocycles. The van der Waals surface area contributed by atoms with Crippen LogP contribution in [0.1, 0.15) is 36.2 Å². The van der Waals surface area contributed by atoms with Crippen LogP contribution in [0.4, 0.5) is 0 Å². The molecule has 36 heavy (non-hydrogen) atoms. The standard InChI is InChI=1S/C29H27N3O3S/c1-5-16-31-18(3)21(20-14-10-11-15-23(20)31)17-24-27(33)32-26(19-12-8-7-9-13-19)25(28(34)35-4)22(6-2)30-29(32)36-24/h5,7-15,17,26H,1,6,16H2,2-4H3/b24-17-/t26-/m1/s1. The third-order valence-electron chi connectivity index (χ3n) is 6.63. The van der Waals surface area contributed by atoms with Crippen LogP contribution in [-0.2, 0) is 16.1 Å². The lowest BCUT2D eigenvalue weighted by Gasteiger charge is -2.25. The van der Waals surface area contributed by atoms with Crippen molar-refractivity contribution in [2.75, 3.05) is 7.11 Å². The molecule has 0 fully saturated rings. The van der Waals surface area contributed by atoms with Gasteiger partial charge in [0.25, 0.3) is 5.56 Å². The van der Waals surface area contributed by atoms with Crippen molar-refractivity contribution in [1.29, 1.82) is 0 Å². The van der Waals surface area contributed by atoms with Gasteiger partial charge < -0.3 is 9.30 Å². The molecule has 2 aromatic heterocycles. The van der Waals surface area contributed by atoms with E-state index in [0.29, 0.717) is 33.6 Å². The van der Waals surface area contributed by atoms with Crippen LogP contribution < -0.4 is 14.9 Å². The molecule has 0 spiro atoms. The van der Waals surface area contributed by atoms with Crippen molar-refractivity contribution < 1.29 is 9.53 Å². The van der Waals surface area contributed by atoms with Gasteiger partial charge in [-0.05, 0) is 31.1 Å². The molecule has 0 unspecified atom stereocenters. The van der Waals surface area contributed by atoms with Gasteiger partial charge in [-0.3, -0.25) is 9.36 Å². The van der Waals surface area contributed by atoms with Crippen LogP contribution in [0.5, 0.6) is 0 Å². The van der Waals surface area contributed by atoms with Crippen LogP contribution in [0.2, 0.25) is 0 Å². The molecule has 6 nitrogen and oxygen atoms in total. The number of nitrogens with zero attached hydrogens (tertiary/aromatic N) is 3. The van der Waals surface area contributed by atoms with Crippen molar-refractivity contribution in [2.45, 2.75) is 32.9 Å². The van der Waals surface area contributed by atoms with Gasteiger partial charge in [0.15, 0.2) is 4.80 Å². The summed E-state index contributed by atoms with van der Waals surface area (Å²) in [7, 11) is 1.36. The number of esters is 1. The highest BCUT2D eigenvalue weighted by Gasteiger charge is 2.33. The maximum atomic E-state index is 13.9. The highest BCUT2D eigenvalue weighted by atomic mass is 32.1. The first-order chi connectivity index (χ1) is 17.5. The monoisotopic (exact) mass is 497 g/mol. The molecule has 7 heteroatoms. The smallest absolute Gasteiger partial charge is 0.338 e. The predicted octanol–water partition coefficient (Wildman–Crippen LogP) is 4.25. The summed E-state index contributed by atoms with van der Waals surface area (Å²) in [4.78, 5) is 32.2. The first-order valence-corrected chi connectivity index (χ1v) is 12.7. The zero-order chi connectivity index (χ0) is 25.4. The fourth-order valence-corrected chi connectivity index (χ4v) is 5.95. The number of aromatic nitrogens is 2. The Hall–Kier alpha value is -3.97. The Labute approximate surface area is 212 Å². The number of hydrogen-bond acceptors (Lipinski definition) is 5. The number of allylic oxidation sites excluding steroid dienone is 2. The molecule has 0 saturated heterocycles. The lowest BCUT2D eigenvalue weighted by molar-refractivity contribution is -0.136. The van der Waals surface area contributed by atoms with Crippen molar-refractivity contribution in [3.63, 3.8) is 0 Å². The minimum Gasteiger partial charge on any atom is -0.466 e. The molecule has 3 heterocycles. The summed E-state index contributed by atoms with van der Waals surface area (Å²) >= 11 is 1.35. The molecule has 4 aromatic rings. The van der Waals surface area contributed by atoms with E-state index in [1.54, 1.807) is 4.57 Å². The second kappa shape index (κ2) is 9.59. The number of fused-ring (bicyclic) bond motifs is 2. The molecule has 1 aliphatic rings. The number of hydrogen-bond donors (Lipinski definition) is 0. The van der Waals surface area contributed by atoms with Crippen LogP contribution in [0.3, 0.4) is 0 Å². The SMILES string of the molecule is C=CCn1c(C)c(/C=c2\sc3n(c2=O)[C@H](c2ccccc2)C(C(=O)OC)=C(CC)N=3)c2ccccc21. The number of thiazole rings is 1. The van der Waals surface area contributed by atoms with Gasteiger partial charge in [0.1, 0.15) is 0 Å². The highest BCUT2D eigenvalue weighted by Crippen LogP contribution is 2.32. The van der Waals surface area contributed by atoms with E-state index in [4.69, 9.17) is 9.73 Å². The van der Waals surface area contributed by atoms with Gasteiger partial charge in [0, 0.05) is 28.7 Å². The number of carbonyl (C=O) groups excluding carboxylic acids is 1. The molecule has 5 rings (SSSR count). The van der Waals surface area contributed by atoms with Gasteiger partial charge in [-0.25, -0.2) is 9.79 Å². The molecule has 0 saturated carbocycles. The lowest BCUT2D eigenvalue weighted by Crippen LogP contribution is -2.40. The molecule has 0 N–H and O–H groups in total. The quantitative estimate of drug-likeness (QED) is 0.296. The average molecular weight is 498 g/mol. The number of rotatable bonds is 6. The summed E-state index contributed by atoms with van der Waals surface area (Å²) in [5.41, 5.74) is 4.86. The Bertz CT molecular complexity index is 1700. The first kappa shape index (κ1) is 23.8. The number of ether oxygens (including phenoxy) is 1. The van der Waals surface area contributed by atoms with E-state index in [0.717, 1.165) is 27.7 Å². The molecule has 0 bridgehead atoms. The Balaban J connectivity index is 1.80. The van der Waals surface area contributed by atoms with Gasteiger partial charge in [-0.1, -0.05) is 72.9 Å². The number of carbonyl (C=O) groups is 1. The first-order valence-electron chi connectivity index (χ1n) is 11.9. The van der Waals surface area contributed by atoms with E-state index in [9.17, 15) is 9.59 Å². The molecule has 2 aromatic carbocycles. The predicted molar refractivity (Wildman–Crippen MR) is 144 cm³/mol. The van der Waals surface area contributed by atoms with Crippen molar-refractivity contribution in [1.82, 2.24) is 9.13 Å². The van der Waals surface area contributed by atoms with Crippen molar-refractivity contribution in [2.24, 2.45) is 4.99 Å². The Morgan fingerprint density at radius 2 is 1.89 bits per heavy atom. The van der Waals surface area contributed by atoms with Crippen LogP contribution in [0.25, 0.3) is 17.0 Å². The van der Waals surface area contributed by atoms with E-state index in [1.807, 2.05) is 61.5 Å². The molecule has 1 aliphatic heterocycles. The zero-order valence-corrected chi connectivity index (χ0v) is 21.3. The lowest BCUT2D eigenvalue weighted by atomic mass is 9.95. The van der Waals surface area contributed by atoms with Crippen molar-refractivity contribution in [3.05, 3.63) is 115 Å². The van der Waals surface area contributed by atoms with Crippen LogP contribution in [-0.4, -0.2) is 22.2 Å². The molecular weight excluding hydrogens is 470 g/mol. The number of para-hydroxylation sites is 1. The highest BCUT2D eigenvalue weighted by molar-refractivity contribution is 7.07. The Kier molecular flexibility index (Phi) is 6.33. The normalized spacial score (nSPS) is 15.6. The number of methoxy groups -OCH3 is 1. The van der Waals surface area contributed by atoms with E-state index >= 15 is 0 Å². The third-order valence-corrected chi connectivity index (χ3v) is 7.62. The fourth-order valence-electron chi connectivity index (χ4n) is 4.95. The third kappa shape index (κ3) is 3.76. The van der Waals surface area contributed by atoms with Gasteiger partial charge in [-0.2, -0.15) is 0 Å². The second-order valence-corrected chi connectivity index (χ2v) is 9.62. The van der Waals surface area contributed by atoms with Crippen LogP contribution in [0, 0.1) is 6.92 Å². The zero-order valence-electron chi connectivity index (χ0n) is 20.5. The fraction of sp³-hybridized carbons (Fsp3) is 0.207. The maximum Gasteiger partial charge on any atom is 0.338 e. The molecule has 0 amide bonds. The van der Waals surface area contributed by atoms with Crippen LogP contribution >= 0.6 is 11.3 Å². The molecular formula is C29H27N3O3S. The summed E-state index contributed by atoms with van der Waals surface area (Å²) in [6.45, 7) is 8.59. The topological polar surface area (TPSA) is 65.6 Å². The van der Waals surface area contributed by atoms with E-state index < -0.39 is 12.0 Å². The summed E-state index contributed by atoms with van der Waals surface area (Å²) in [6, 6.07) is 17.1. The van der Waals surface area contributed by atoms with E-state index in [2.05, 4.69) is 30.2 Å². The van der Waals surface area contributed by atoms with Crippen molar-refractivity contribution >= 4 is 34.3 Å². The van der Waals surface area contributed by atoms with Gasteiger partial charge >= 0.3 is 5.97 Å². The van der Waals surface area contributed by atoms with Gasteiger partial charge in [0.05, 0.1) is 29.0 Å². The number of benzene rings is 2.